The summed E-state index contributed by atoms with van der Waals surface area (Å²) in [6.45, 7) is 2.93. The summed E-state index contributed by atoms with van der Waals surface area (Å²) < 4.78 is 21.6. The van der Waals surface area contributed by atoms with Crippen molar-refractivity contribution in [2.75, 3.05) is 18.8 Å². The molecular weight excluding hydrogens is 388 g/mol. The number of nitriles is 1. The zero-order valence-electron chi connectivity index (χ0n) is 16.2. The Kier molecular flexibility index (Phi) is 4.18. The lowest BCUT2D eigenvalue weighted by Gasteiger charge is -2.49. The van der Waals surface area contributed by atoms with Gasteiger partial charge in [0, 0.05) is 42.2 Å². The van der Waals surface area contributed by atoms with Crippen molar-refractivity contribution < 1.29 is 4.21 Å². The second-order valence-corrected chi connectivity index (χ2v) is 10.2. The van der Waals surface area contributed by atoms with Crippen LogP contribution in [-0.4, -0.2) is 58.1 Å². The van der Waals surface area contributed by atoms with Gasteiger partial charge < -0.3 is 4.98 Å². The number of H-pyrrole nitrogens is 1. The van der Waals surface area contributed by atoms with E-state index < -0.39 is 15.5 Å². The van der Waals surface area contributed by atoms with Gasteiger partial charge in [0.25, 0.3) is 0 Å². The summed E-state index contributed by atoms with van der Waals surface area (Å²) in [5.74, 6) is 0.503. The highest BCUT2D eigenvalue weighted by Crippen LogP contribution is 2.37. The van der Waals surface area contributed by atoms with E-state index in [1.807, 2.05) is 34.4 Å². The first-order chi connectivity index (χ1) is 14.1. The number of nitrogens with zero attached hydrogens (tertiary/aromatic N) is 7. The van der Waals surface area contributed by atoms with E-state index in [1.165, 1.54) is 6.33 Å². The second kappa shape index (κ2) is 6.64. The van der Waals surface area contributed by atoms with Crippen LogP contribution in [0.1, 0.15) is 26.2 Å². The van der Waals surface area contributed by atoms with Crippen LogP contribution in [0.3, 0.4) is 0 Å². The van der Waals surface area contributed by atoms with Gasteiger partial charge in [-0.3, -0.25) is 4.68 Å². The lowest BCUT2D eigenvalue weighted by Crippen LogP contribution is -2.64. The predicted octanol–water partition coefficient (Wildman–Crippen LogP) is 2.31. The summed E-state index contributed by atoms with van der Waals surface area (Å²) in [6, 6.07) is 4.47. The number of fused-ring (bicyclic) bond motifs is 1. The zero-order valence-corrected chi connectivity index (χ0v) is 17.0. The van der Waals surface area contributed by atoms with Gasteiger partial charge in [-0.2, -0.15) is 10.4 Å². The van der Waals surface area contributed by atoms with Crippen LogP contribution < -0.4 is 0 Å². The number of aromatic nitrogens is 5. The summed E-state index contributed by atoms with van der Waals surface area (Å²) in [5, 5.41) is 14.9. The summed E-state index contributed by atoms with van der Waals surface area (Å²) in [7, 11) is -2.39. The molecule has 29 heavy (non-hydrogen) atoms. The molecule has 10 heteroatoms. The number of hydrogen-bond donors (Lipinski definition) is 1. The van der Waals surface area contributed by atoms with E-state index in [0.29, 0.717) is 25.3 Å². The molecule has 1 saturated heterocycles. The molecule has 1 atom stereocenters. The maximum atomic E-state index is 13.3. The normalized spacial score (nSPS) is 20.7. The third kappa shape index (κ3) is 3.01. The highest BCUT2D eigenvalue weighted by molar-refractivity contribution is 7.91. The minimum absolute atomic E-state index is 0.242. The number of aromatic amines is 1. The minimum Gasteiger partial charge on any atom is -0.346 e. The molecule has 0 spiro atoms. The SMILES string of the molecule is CCS(=O)(=NC1CC1)N1CC(CC#N)(n2cc(-c3ncnc4[nH]ccc34)cn2)C1. The third-order valence-electron chi connectivity index (χ3n) is 5.69. The van der Waals surface area contributed by atoms with Gasteiger partial charge in [0.05, 0.1) is 30.4 Å². The number of nitrogens with one attached hydrogen (secondary N) is 1. The zero-order chi connectivity index (χ0) is 20.1. The molecule has 4 heterocycles. The first kappa shape index (κ1) is 18.3. The van der Waals surface area contributed by atoms with Gasteiger partial charge >= 0.3 is 0 Å². The maximum Gasteiger partial charge on any atom is 0.141 e. The van der Waals surface area contributed by atoms with Crippen molar-refractivity contribution >= 4 is 20.9 Å². The molecule has 0 bridgehead atoms. The Bertz CT molecular complexity index is 1220. The molecule has 150 valence electrons. The first-order valence-corrected chi connectivity index (χ1v) is 11.4. The van der Waals surface area contributed by atoms with Crippen LogP contribution in [0.2, 0.25) is 0 Å². The Balaban J connectivity index is 1.46. The van der Waals surface area contributed by atoms with Gasteiger partial charge in [0.15, 0.2) is 0 Å². The molecule has 5 rings (SSSR count). The topological polar surface area (TPSA) is 116 Å². The molecule has 1 aliphatic carbocycles. The van der Waals surface area contributed by atoms with E-state index in [4.69, 9.17) is 0 Å². The van der Waals surface area contributed by atoms with Gasteiger partial charge in [0.1, 0.15) is 27.4 Å². The van der Waals surface area contributed by atoms with Crippen molar-refractivity contribution in [3.05, 3.63) is 31.0 Å². The average molecular weight is 411 g/mol. The van der Waals surface area contributed by atoms with E-state index in [-0.39, 0.29) is 6.04 Å². The van der Waals surface area contributed by atoms with Gasteiger partial charge in [-0.25, -0.2) is 22.8 Å². The van der Waals surface area contributed by atoms with Crippen LogP contribution in [-0.2, 0) is 15.5 Å². The van der Waals surface area contributed by atoms with E-state index in [2.05, 4.69) is 30.5 Å². The monoisotopic (exact) mass is 410 g/mol. The van der Waals surface area contributed by atoms with Crippen molar-refractivity contribution in [1.29, 1.82) is 5.26 Å². The Hall–Kier alpha value is -2.77. The van der Waals surface area contributed by atoms with Gasteiger partial charge in [-0.15, -0.1) is 0 Å². The standard InChI is InChI=1S/C19H22N8OS/c1-2-29(28,25-15-3-4-15)26-11-19(12-26,6-7-20)27-10-14(9-24-27)17-16-5-8-21-18(16)23-13-22-17/h5,8-10,13,15H,2-4,6,11-12H2,1H3,(H,21,22,23). The molecule has 1 N–H and O–H groups in total. The Morgan fingerprint density at radius 2 is 2.24 bits per heavy atom. The van der Waals surface area contributed by atoms with Crippen LogP contribution in [0.15, 0.2) is 35.3 Å². The summed E-state index contributed by atoms with van der Waals surface area (Å²) in [5.41, 5.74) is 1.95. The van der Waals surface area contributed by atoms with Gasteiger partial charge in [-0.1, -0.05) is 6.92 Å². The Morgan fingerprint density at radius 1 is 1.41 bits per heavy atom. The molecule has 3 aromatic heterocycles. The average Bonchev–Trinajstić information content (AvgIpc) is 3.18. The Labute approximate surface area is 169 Å². The molecular formula is C19H22N8OS. The smallest absolute Gasteiger partial charge is 0.141 e. The minimum atomic E-state index is -2.39. The van der Waals surface area contributed by atoms with Crippen molar-refractivity contribution in [1.82, 2.24) is 29.0 Å². The second-order valence-electron chi connectivity index (χ2n) is 7.73. The molecule has 3 aromatic rings. The maximum absolute atomic E-state index is 13.3. The highest BCUT2D eigenvalue weighted by Gasteiger charge is 2.49. The fraction of sp³-hybridized carbons (Fsp3) is 0.474. The number of rotatable bonds is 6. The molecule has 1 saturated carbocycles. The summed E-state index contributed by atoms with van der Waals surface area (Å²) in [6.07, 6.45) is 9.41. The van der Waals surface area contributed by atoms with E-state index >= 15 is 0 Å². The Morgan fingerprint density at radius 3 is 2.97 bits per heavy atom. The molecule has 1 unspecified atom stereocenters. The quantitative estimate of drug-likeness (QED) is 0.669. The molecule has 9 nitrogen and oxygen atoms in total. The third-order valence-corrected chi connectivity index (χ3v) is 8.13. The van der Waals surface area contributed by atoms with Crippen LogP contribution in [0.5, 0.6) is 0 Å². The van der Waals surface area contributed by atoms with E-state index in [0.717, 1.165) is 35.1 Å². The van der Waals surface area contributed by atoms with Crippen LogP contribution in [0, 0.1) is 11.3 Å². The van der Waals surface area contributed by atoms with Crippen LogP contribution >= 0.6 is 0 Å². The van der Waals surface area contributed by atoms with Crippen molar-refractivity contribution in [2.45, 2.75) is 37.8 Å². The molecule has 0 radical (unpaired) electrons. The van der Waals surface area contributed by atoms with Gasteiger partial charge in [0.2, 0.25) is 0 Å². The summed E-state index contributed by atoms with van der Waals surface area (Å²) in [4.78, 5) is 11.7. The van der Waals surface area contributed by atoms with E-state index in [9.17, 15) is 9.47 Å². The largest absolute Gasteiger partial charge is 0.346 e. The fourth-order valence-corrected chi connectivity index (χ4v) is 6.05. The highest BCUT2D eigenvalue weighted by atomic mass is 32.2. The molecule has 0 aromatic carbocycles. The van der Waals surface area contributed by atoms with Gasteiger partial charge in [-0.05, 0) is 18.9 Å². The van der Waals surface area contributed by atoms with Crippen molar-refractivity contribution in [3.8, 4) is 17.3 Å². The van der Waals surface area contributed by atoms with E-state index in [1.54, 1.807) is 6.20 Å². The predicted molar refractivity (Wildman–Crippen MR) is 109 cm³/mol. The van der Waals surface area contributed by atoms with Crippen molar-refractivity contribution in [3.63, 3.8) is 0 Å². The van der Waals surface area contributed by atoms with Crippen LogP contribution in [0.4, 0.5) is 0 Å². The number of hydrogen-bond acceptors (Lipinski definition) is 6. The van der Waals surface area contributed by atoms with Crippen LogP contribution in [0.25, 0.3) is 22.3 Å². The lowest BCUT2D eigenvalue weighted by molar-refractivity contribution is 0.0749. The first-order valence-electron chi connectivity index (χ1n) is 9.76. The molecule has 1 aliphatic heterocycles. The molecule has 2 fully saturated rings. The van der Waals surface area contributed by atoms with Crippen molar-refractivity contribution in [2.24, 2.45) is 4.36 Å². The summed E-state index contributed by atoms with van der Waals surface area (Å²) >= 11 is 0. The molecule has 2 aliphatic rings. The fourth-order valence-electron chi connectivity index (χ4n) is 3.84. The lowest BCUT2D eigenvalue weighted by atomic mass is 9.89. The molecule has 0 amide bonds.